The molecule has 0 bridgehead atoms. The predicted octanol–water partition coefficient (Wildman–Crippen LogP) is 1.20. The lowest BCUT2D eigenvalue weighted by atomic mass is 9.88. The molecule has 5 heteroatoms. The number of nitrogens with zero attached hydrogens (tertiary/aromatic N) is 1. The normalized spacial score (nSPS) is 19.7. The average molecular weight is 252 g/mol. The molecule has 0 atom stereocenters. The van der Waals surface area contributed by atoms with Crippen LogP contribution in [0.3, 0.4) is 0 Å². The van der Waals surface area contributed by atoms with Crippen molar-refractivity contribution in [1.29, 1.82) is 0 Å². The second kappa shape index (κ2) is 5.04. The summed E-state index contributed by atoms with van der Waals surface area (Å²) in [6.45, 7) is 1.66. The lowest BCUT2D eigenvalue weighted by molar-refractivity contribution is -0.145. The first-order valence-corrected chi connectivity index (χ1v) is 5.99. The number of nitrogens with two attached hydrogens (primary N) is 1. The van der Waals surface area contributed by atoms with E-state index < -0.39 is 11.5 Å². The Morgan fingerprint density at radius 2 is 2.00 bits per heavy atom. The third-order valence-corrected chi connectivity index (χ3v) is 3.53. The first-order chi connectivity index (χ1) is 8.51. The van der Waals surface area contributed by atoms with E-state index >= 15 is 0 Å². The van der Waals surface area contributed by atoms with E-state index in [9.17, 15) is 9.18 Å². The number of hydrogen-bond acceptors (Lipinski definition) is 3. The second-order valence-electron chi connectivity index (χ2n) is 4.83. The van der Waals surface area contributed by atoms with Gasteiger partial charge < -0.3 is 10.8 Å². The van der Waals surface area contributed by atoms with Crippen molar-refractivity contribution < 1.29 is 14.3 Å². The van der Waals surface area contributed by atoms with Crippen molar-refractivity contribution in [2.75, 3.05) is 13.1 Å². The molecule has 3 N–H and O–H groups in total. The molecule has 4 nitrogen and oxygen atoms in total. The maximum absolute atomic E-state index is 13.5. The summed E-state index contributed by atoms with van der Waals surface area (Å²) in [5.41, 5.74) is 5.30. The van der Waals surface area contributed by atoms with Crippen LogP contribution in [0.4, 0.5) is 4.39 Å². The SMILES string of the molecule is NC1(C(=O)O)CCN(Cc2ccccc2F)CC1. The van der Waals surface area contributed by atoms with Gasteiger partial charge in [-0.2, -0.15) is 0 Å². The Labute approximate surface area is 105 Å². The molecule has 0 amide bonds. The number of carbonyl (C=O) groups is 1. The first-order valence-electron chi connectivity index (χ1n) is 5.99. The summed E-state index contributed by atoms with van der Waals surface area (Å²) in [6.07, 6.45) is 0.799. The Balaban J connectivity index is 1.95. The van der Waals surface area contributed by atoms with E-state index in [1.54, 1.807) is 18.2 Å². The van der Waals surface area contributed by atoms with Gasteiger partial charge in [0, 0.05) is 25.2 Å². The summed E-state index contributed by atoms with van der Waals surface area (Å²) in [5, 5.41) is 9.01. The number of benzene rings is 1. The number of carboxylic acid groups (broad SMARTS) is 1. The Morgan fingerprint density at radius 3 is 2.56 bits per heavy atom. The Morgan fingerprint density at radius 1 is 1.39 bits per heavy atom. The van der Waals surface area contributed by atoms with Gasteiger partial charge in [-0.05, 0) is 18.9 Å². The fourth-order valence-electron chi connectivity index (χ4n) is 2.19. The van der Waals surface area contributed by atoms with E-state index in [1.165, 1.54) is 6.07 Å². The van der Waals surface area contributed by atoms with E-state index in [2.05, 4.69) is 0 Å². The van der Waals surface area contributed by atoms with Crippen molar-refractivity contribution in [3.63, 3.8) is 0 Å². The summed E-state index contributed by atoms with van der Waals surface area (Å²) in [7, 11) is 0. The Bertz CT molecular complexity index is 442. The van der Waals surface area contributed by atoms with Crippen LogP contribution in [0.25, 0.3) is 0 Å². The van der Waals surface area contributed by atoms with Crippen molar-refractivity contribution in [1.82, 2.24) is 4.90 Å². The number of likely N-dealkylation sites (tertiary alicyclic amines) is 1. The van der Waals surface area contributed by atoms with Gasteiger partial charge in [0.1, 0.15) is 11.4 Å². The molecule has 1 fully saturated rings. The zero-order valence-electron chi connectivity index (χ0n) is 10.1. The van der Waals surface area contributed by atoms with Gasteiger partial charge in [0.15, 0.2) is 0 Å². The molecule has 2 rings (SSSR count). The van der Waals surface area contributed by atoms with Gasteiger partial charge in [0.25, 0.3) is 0 Å². The van der Waals surface area contributed by atoms with E-state index in [0.29, 0.717) is 38.0 Å². The summed E-state index contributed by atoms with van der Waals surface area (Å²) in [6, 6.07) is 6.64. The van der Waals surface area contributed by atoms with Gasteiger partial charge in [0.2, 0.25) is 0 Å². The van der Waals surface area contributed by atoms with Crippen LogP contribution in [0.5, 0.6) is 0 Å². The minimum atomic E-state index is -1.12. The number of piperidine rings is 1. The third-order valence-electron chi connectivity index (χ3n) is 3.53. The lowest BCUT2D eigenvalue weighted by Crippen LogP contribution is -2.55. The molecule has 0 unspecified atom stereocenters. The number of aliphatic carboxylic acids is 1. The molecule has 1 saturated heterocycles. The zero-order chi connectivity index (χ0) is 13.2. The molecule has 1 aliphatic rings. The summed E-state index contributed by atoms with van der Waals surface area (Å²) >= 11 is 0. The van der Waals surface area contributed by atoms with Gasteiger partial charge in [-0.1, -0.05) is 18.2 Å². The van der Waals surface area contributed by atoms with Gasteiger partial charge in [-0.15, -0.1) is 0 Å². The lowest BCUT2D eigenvalue weighted by Gasteiger charge is -2.36. The molecule has 1 aromatic rings. The van der Waals surface area contributed by atoms with Gasteiger partial charge in [0.05, 0.1) is 0 Å². The van der Waals surface area contributed by atoms with Crippen LogP contribution in [0, 0.1) is 5.82 Å². The Kier molecular flexibility index (Phi) is 3.63. The van der Waals surface area contributed by atoms with E-state index in [-0.39, 0.29) is 5.82 Å². The topological polar surface area (TPSA) is 66.6 Å². The van der Waals surface area contributed by atoms with Crippen molar-refractivity contribution in [3.8, 4) is 0 Å². The largest absolute Gasteiger partial charge is 0.480 e. The van der Waals surface area contributed by atoms with Crippen LogP contribution in [0.2, 0.25) is 0 Å². The molecule has 1 aromatic carbocycles. The highest BCUT2D eigenvalue weighted by atomic mass is 19.1. The standard InChI is InChI=1S/C13H17FN2O2/c14-11-4-2-1-3-10(11)9-16-7-5-13(15,6-8-16)12(17)18/h1-4H,5-9,15H2,(H,17,18). The van der Waals surface area contributed by atoms with Crippen molar-refractivity contribution >= 4 is 5.97 Å². The van der Waals surface area contributed by atoms with Crippen LogP contribution in [0.1, 0.15) is 18.4 Å². The summed E-state index contributed by atoms with van der Waals surface area (Å²) < 4.78 is 13.5. The van der Waals surface area contributed by atoms with E-state index in [4.69, 9.17) is 10.8 Å². The predicted molar refractivity (Wildman–Crippen MR) is 65.5 cm³/mol. The minimum Gasteiger partial charge on any atom is -0.480 e. The molecule has 0 saturated carbocycles. The number of hydrogen-bond donors (Lipinski definition) is 2. The molecule has 1 heterocycles. The average Bonchev–Trinajstić information content (AvgIpc) is 2.35. The molecule has 0 spiro atoms. The summed E-state index contributed by atoms with van der Waals surface area (Å²) in [4.78, 5) is 13.0. The van der Waals surface area contributed by atoms with E-state index in [0.717, 1.165) is 0 Å². The minimum absolute atomic E-state index is 0.222. The molecule has 18 heavy (non-hydrogen) atoms. The zero-order valence-corrected chi connectivity index (χ0v) is 10.1. The fraction of sp³-hybridized carbons (Fsp3) is 0.462. The van der Waals surface area contributed by atoms with Gasteiger partial charge in [-0.3, -0.25) is 9.69 Å². The van der Waals surface area contributed by atoms with Crippen LogP contribution >= 0.6 is 0 Å². The maximum Gasteiger partial charge on any atom is 0.323 e. The molecular weight excluding hydrogens is 235 g/mol. The number of rotatable bonds is 3. The highest BCUT2D eigenvalue weighted by Crippen LogP contribution is 2.22. The monoisotopic (exact) mass is 252 g/mol. The smallest absolute Gasteiger partial charge is 0.323 e. The molecule has 0 radical (unpaired) electrons. The maximum atomic E-state index is 13.5. The van der Waals surface area contributed by atoms with Crippen LogP contribution < -0.4 is 5.73 Å². The summed E-state index contributed by atoms with van der Waals surface area (Å²) in [5.74, 6) is -1.17. The quantitative estimate of drug-likeness (QED) is 0.848. The van der Waals surface area contributed by atoms with Gasteiger partial charge >= 0.3 is 5.97 Å². The van der Waals surface area contributed by atoms with Crippen LogP contribution in [0.15, 0.2) is 24.3 Å². The Hall–Kier alpha value is -1.46. The third kappa shape index (κ3) is 2.68. The molecule has 0 aliphatic carbocycles. The molecule has 1 aliphatic heterocycles. The first kappa shape index (κ1) is 13.0. The van der Waals surface area contributed by atoms with Crippen LogP contribution in [-0.4, -0.2) is 34.6 Å². The van der Waals surface area contributed by atoms with Crippen molar-refractivity contribution in [3.05, 3.63) is 35.6 Å². The molecule has 0 aromatic heterocycles. The number of carboxylic acids is 1. The van der Waals surface area contributed by atoms with Crippen molar-refractivity contribution in [2.45, 2.75) is 24.9 Å². The van der Waals surface area contributed by atoms with Gasteiger partial charge in [-0.25, -0.2) is 4.39 Å². The highest BCUT2D eigenvalue weighted by molar-refractivity contribution is 5.78. The second-order valence-corrected chi connectivity index (χ2v) is 4.83. The van der Waals surface area contributed by atoms with Crippen LogP contribution in [-0.2, 0) is 11.3 Å². The highest BCUT2D eigenvalue weighted by Gasteiger charge is 2.37. The molecular formula is C13H17FN2O2. The fourth-order valence-corrected chi connectivity index (χ4v) is 2.19. The molecule has 98 valence electrons. The van der Waals surface area contributed by atoms with Crippen molar-refractivity contribution in [2.24, 2.45) is 5.73 Å². The van der Waals surface area contributed by atoms with E-state index in [1.807, 2.05) is 4.90 Å². The number of halogens is 1.